The lowest BCUT2D eigenvalue weighted by molar-refractivity contribution is 0.0407. The third kappa shape index (κ3) is 9.08. The Labute approximate surface area is 223 Å². The number of hydrogen-bond acceptors (Lipinski definition) is 5. The van der Waals surface area contributed by atoms with E-state index in [0.717, 1.165) is 26.7 Å². The normalized spacial score (nSPS) is 13.1. The van der Waals surface area contributed by atoms with Gasteiger partial charge >= 0.3 is 6.09 Å². The maximum atomic E-state index is 12.2. The highest BCUT2D eigenvalue weighted by Gasteiger charge is 2.28. The van der Waals surface area contributed by atoms with Crippen LogP contribution in [-0.4, -0.2) is 28.9 Å². The van der Waals surface area contributed by atoms with Crippen LogP contribution in [0.2, 0.25) is 5.02 Å². The van der Waals surface area contributed by atoms with Crippen molar-refractivity contribution in [2.45, 2.75) is 68.1 Å². The molecular weight excluding hydrogens is 494 g/mol. The van der Waals surface area contributed by atoms with Crippen LogP contribution >= 0.6 is 23.4 Å². The molecule has 0 saturated heterocycles. The third-order valence-corrected chi connectivity index (χ3v) is 6.74. The first-order valence-electron chi connectivity index (χ1n) is 11.9. The van der Waals surface area contributed by atoms with Crippen LogP contribution in [0.15, 0.2) is 82.6 Å². The molecule has 36 heavy (non-hydrogen) atoms. The number of nitrogens with one attached hydrogen (secondary N) is 1. The molecule has 1 atom stereocenters. The standard InChI is InChI=1S/C29H34ClNO4S/c1-28(2,3)35-27(33)31-29(4,20-32)16-15-22-13-14-25(18-26(22)30)36-24-12-8-11-23(17-24)34-19-21-9-6-5-7-10-21/h5-14,17-18,32H,15-16,19-20H2,1-4H3,(H,31,33)/t29-/m1/s1. The van der Waals surface area contributed by atoms with Crippen molar-refractivity contribution in [3.8, 4) is 5.75 Å². The molecule has 0 radical (unpaired) electrons. The van der Waals surface area contributed by atoms with Crippen LogP contribution in [-0.2, 0) is 17.8 Å². The Bertz CT molecular complexity index is 1150. The summed E-state index contributed by atoms with van der Waals surface area (Å²) >= 11 is 8.21. The van der Waals surface area contributed by atoms with Crippen molar-refractivity contribution in [2.75, 3.05) is 6.61 Å². The van der Waals surface area contributed by atoms with Crippen molar-refractivity contribution >= 4 is 29.5 Å². The molecule has 0 saturated carbocycles. The molecular formula is C29H34ClNO4S. The van der Waals surface area contributed by atoms with Crippen molar-refractivity contribution in [2.24, 2.45) is 0 Å². The van der Waals surface area contributed by atoms with Crippen LogP contribution in [0, 0.1) is 0 Å². The van der Waals surface area contributed by atoms with Gasteiger partial charge in [-0.15, -0.1) is 0 Å². The summed E-state index contributed by atoms with van der Waals surface area (Å²) < 4.78 is 11.3. The first-order chi connectivity index (χ1) is 17.0. The summed E-state index contributed by atoms with van der Waals surface area (Å²) in [7, 11) is 0. The summed E-state index contributed by atoms with van der Waals surface area (Å²) in [6.07, 6.45) is 0.557. The number of halogens is 1. The highest BCUT2D eigenvalue weighted by molar-refractivity contribution is 7.99. The van der Waals surface area contributed by atoms with Crippen molar-refractivity contribution in [3.05, 3.63) is 88.9 Å². The lowest BCUT2D eigenvalue weighted by Crippen LogP contribution is -2.50. The number of hydrogen-bond donors (Lipinski definition) is 2. The Kier molecular flexibility index (Phi) is 9.71. The number of alkyl carbamates (subject to hydrolysis) is 1. The predicted octanol–water partition coefficient (Wildman–Crippen LogP) is 7.28. The van der Waals surface area contributed by atoms with E-state index in [2.05, 4.69) is 5.32 Å². The maximum Gasteiger partial charge on any atom is 0.408 e. The van der Waals surface area contributed by atoms with E-state index in [1.807, 2.05) is 72.8 Å². The van der Waals surface area contributed by atoms with Gasteiger partial charge in [-0.2, -0.15) is 0 Å². The largest absolute Gasteiger partial charge is 0.489 e. The van der Waals surface area contributed by atoms with Crippen LogP contribution in [0.4, 0.5) is 4.79 Å². The van der Waals surface area contributed by atoms with Crippen molar-refractivity contribution in [1.82, 2.24) is 5.32 Å². The number of rotatable bonds is 10. The number of carbonyl (C=O) groups excluding carboxylic acids is 1. The highest BCUT2D eigenvalue weighted by atomic mass is 35.5. The van der Waals surface area contributed by atoms with Crippen LogP contribution in [0.25, 0.3) is 0 Å². The average Bonchev–Trinajstić information content (AvgIpc) is 2.82. The van der Waals surface area contributed by atoms with Crippen molar-refractivity contribution in [1.29, 1.82) is 0 Å². The van der Waals surface area contributed by atoms with E-state index in [1.165, 1.54) is 0 Å². The number of aliphatic hydroxyl groups is 1. The molecule has 5 nitrogen and oxygen atoms in total. The lowest BCUT2D eigenvalue weighted by atomic mass is 9.94. The van der Waals surface area contributed by atoms with Gasteiger partial charge in [0.15, 0.2) is 0 Å². The molecule has 1 amide bonds. The smallest absolute Gasteiger partial charge is 0.408 e. The molecule has 0 spiro atoms. The zero-order chi connectivity index (χ0) is 26.2. The topological polar surface area (TPSA) is 67.8 Å². The Hall–Kier alpha value is -2.67. The van der Waals surface area contributed by atoms with E-state index in [4.69, 9.17) is 21.1 Å². The molecule has 2 N–H and O–H groups in total. The molecule has 0 aliphatic carbocycles. The van der Waals surface area contributed by atoms with Gasteiger partial charge in [-0.05, 0) is 82.0 Å². The van der Waals surface area contributed by atoms with E-state index < -0.39 is 17.2 Å². The summed E-state index contributed by atoms with van der Waals surface area (Å²) in [4.78, 5) is 14.3. The highest BCUT2D eigenvalue weighted by Crippen LogP contribution is 2.33. The number of amides is 1. The molecule has 0 unspecified atom stereocenters. The molecule has 3 aromatic rings. The lowest BCUT2D eigenvalue weighted by Gasteiger charge is -2.30. The Morgan fingerprint density at radius 3 is 2.36 bits per heavy atom. The Balaban J connectivity index is 1.58. The predicted molar refractivity (Wildman–Crippen MR) is 146 cm³/mol. The number of ether oxygens (including phenoxy) is 2. The summed E-state index contributed by atoms with van der Waals surface area (Å²) in [6, 6.07) is 24.0. The maximum absolute atomic E-state index is 12.2. The minimum atomic E-state index is -0.820. The summed E-state index contributed by atoms with van der Waals surface area (Å²) in [6.45, 7) is 7.51. The monoisotopic (exact) mass is 527 g/mol. The molecule has 3 rings (SSSR count). The molecule has 192 valence electrons. The van der Waals surface area contributed by atoms with Gasteiger partial charge in [-0.25, -0.2) is 4.79 Å². The SMILES string of the molecule is CC(C)(C)OC(=O)N[C@@](C)(CO)CCc1ccc(Sc2cccc(OCc3ccccc3)c2)cc1Cl. The van der Waals surface area contributed by atoms with Crippen molar-refractivity contribution in [3.63, 3.8) is 0 Å². The van der Waals surface area contributed by atoms with Gasteiger partial charge in [0.25, 0.3) is 0 Å². The molecule has 0 heterocycles. The molecule has 0 bridgehead atoms. The second-order valence-electron chi connectivity index (χ2n) is 9.95. The minimum absolute atomic E-state index is 0.208. The van der Waals surface area contributed by atoms with Crippen LogP contribution < -0.4 is 10.1 Å². The van der Waals surface area contributed by atoms with E-state index >= 15 is 0 Å². The van der Waals surface area contributed by atoms with Crippen molar-refractivity contribution < 1.29 is 19.4 Å². The molecule has 0 fully saturated rings. The quantitative estimate of drug-likeness (QED) is 0.290. The molecule has 7 heteroatoms. The van der Waals surface area contributed by atoms with Gasteiger partial charge in [-0.3, -0.25) is 0 Å². The minimum Gasteiger partial charge on any atom is -0.489 e. The van der Waals surface area contributed by atoms with E-state index in [1.54, 1.807) is 39.5 Å². The van der Waals surface area contributed by atoms with Crippen LogP contribution in [0.5, 0.6) is 5.75 Å². The number of aliphatic hydroxyl groups excluding tert-OH is 1. The van der Waals surface area contributed by atoms with E-state index in [0.29, 0.717) is 24.5 Å². The Morgan fingerprint density at radius 1 is 0.972 bits per heavy atom. The van der Waals surface area contributed by atoms with Gasteiger partial charge in [-0.1, -0.05) is 65.8 Å². The van der Waals surface area contributed by atoms with Crippen LogP contribution in [0.1, 0.15) is 45.2 Å². The summed E-state index contributed by atoms with van der Waals surface area (Å²) in [5, 5.41) is 13.3. The molecule has 0 aliphatic rings. The summed E-state index contributed by atoms with van der Waals surface area (Å²) in [5.74, 6) is 0.812. The fourth-order valence-electron chi connectivity index (χ4n) is 3.44. The van der Waals surface area contributed by atoms with E-state index in [-0.39, 0.29) is 6.61 Å². The molecule has 0 aliphatic heterocycles. The molecule has 3 aromatic carbocycles. The first-order valence-corrected chi connectivity index (χ1v) is 13.1. The fourth-order valence-corrected chi connectivity index (χ4v) is 4.69. The molecule has 0 aromatic heterocycles. The zero-order valence-electron chi connectivity index (χ0n) is 21.2. The third-order valence-electron chi connectivity index (χ3n) is 5.41. The van der Waals surface area contributed by atoms with Gasteiger partial charge < -0.3 is 19.9 Å². The number of benzene rings is 3. The average molecular weight is 528 g/mol. The van der Waals surface area contributed by atoms with Gasteiger partial charge in [0.1, 0.15) is 18.0 Å². The zero-order valence-corrected chi connectivity index (χ0v) is 22.8. The fraction of sp³-hybridized carbons (Fsp3) is 0.345. The van der Waals surface area contributed by atoms with Gasteiger partial charge in [0.2, 0.25) is 0 Å². The summed E-state index contributed by atoms with van der Waals surface area (Å²) in [5.41, 5.74) is 0.646. The second kappa shape index (κ2) is 12.5. The van der Waals surface area contributed by atoms with E-state index in [9.17, 15) is 9.90 Å². The van der Waals surface area contributed by atoms with Gasteiger partial charge in [0.05, 0.1) is 12.1 Å². The number of carbonyl (C=O) groups is 1. The van der Waals surface area contributed by atoms with Crippen LogP contribution in [0.3, 0.4) is 0 Å². The number of aryl methyl sites for hydroxylation is 1. The second-order valence-corrected chi connectivity index (χ2v) is 11.5. The van der Waals surface area contributed by atoms with Gasteiger partial charge in [0, 0.05) is 14.8 Å². The Morgan fingerprint density at radius 2 is 1.69 bits per heavy atom. The first kappa shape index (κ1) is 27.9.